The fraction of sp³-hybridized carbons (Fsp3) is 0.571. The van der Waals surface area contributed by atoms with Gasteiger partial charge in [-0.1, -0.05) is 15.9 Å². The van der Waals surface area contributed by atoms with Crippen LogP contribution in [-0.4, -0.2) is 31.6 Å². The van der Waals surface area contributed by atoms with Crippen LogP contribution in [0, 0.1) is 5.92 Å². The zero-order valence-electron chi connectivity index (χ0n) is 10.9. The molecule has 1 aliphatic rings. The fourth-order valence-electron chi connectivity index (χ4n) is 2.42. The third-order valence-corrected chi connectivity index (χ3v) is 4.46. The van der Waals surface area contributed by atoms with Crippen molar-refractivity contribution in [2.45, 2.75) is 19.4 Å². The highest BCUT2D eigenvalue weighted by Gasteiger charge is 2.18. The van der Waals surface area contributed by atoms with Gasteiger partial charge in [-0.3, -0.25) is 4.90 Å². The molecule has 18 heavy (non-hydrogen) atoms. The van der Waals surface area contributed by atoms with Crippen molar-refractivity contribution in [3.8, 4) is 5.75 Å². The number of benzene rings is 1. The van der Waals surface area contributed by atoms with E-state index in [1.807, 2.05) is 6.07 Å². The molecule has 0 spiro atoms. The summed E-state index contributed by atoms with van der Waals surface area (Å²) in [5.74, 6) is 1.64. The van der Waals surface area contributed by atoms with E-state index in [2.05, 4.69) is 33.0 Å². The summed E-state index contributed by atoms with van der Waals surface area (Å²) in [7, 11) is 1.71. The van der Waals surface area contributed by atoms with Crippen LogP contribution in [0.5, 0.6) is 5.75 Å². The summed E-state index contributed by atoms with van der Waals surface area (Å²) in [6, 6.07) is 6.15. The molecule has 100 valence electrons. The van der Waals surface area contributed by atoms with Crippen LogP contribution >= 0.6 is 15.9 Å². The lowest BCUT2D eigenvalue weighted by molar-refractivity contribution is 0.180. The molecule has 1 aromatic carbocycles. The van der Waals surface area contributed by atoms with E-state index in [1.165, 1.54) is 18.4 Å². The number of likely N-dealkylation sites (tertiary alicyclic amines) is 1. The van der Waals surface area contributed by atoms with Crippen LogP contribution in [0.4, 0.5) is 0 Å². The van der Waals surface area contributed by atoms with E-state index in [1.54, 1.807) is 7.11 Å². The maximum atomic E-state index is 5.72. The summed E-state index contributed by atoms with van der Waals surface area (Å²) in [6.45, 7) is 4.10. The zero-order chi connectivity index (χ0) is 13.0. The van der Waals surface area contributed by atoms with Gasteiger partial charge in [-0.15, -0.1) is 0 Å². The minimum Gasteiger partial charge on any atom is -0.497 e. The molecule has 1 aromatic rings. The number of nitrogens with zero attached hydrogens (tertiary/aromatic N) is 1. The standard InChI is InChI=1S/C14H21BrN2O/c1-18-13-2-3-14(15)12(8-13)10-17-6-4-11(9-16)5-7-17/h2-3,8,11H,4-7,9-10,16H2,1H3. The van der Waals surface area contributed by atoms with Crippen molar-refractivity contribution in [2.24, 2.45) is 11.7 Å². The van der Waals surface area contributed by atoms with Gasteiger partial charge < -0.3 is 10.5 Å². The topological polar surface area (TPSA) is 38.5 Å². The van der Waals surface area contributed by atoms with Gasteiger partial charge in [0.2, 0.25) is 0 Å². The van der Waals surface area contributed by atoms with E-state index in [0.29, 0.717) is 0 Å². The van der Waals surface area contributed by atoms with E-state index < -0.39 is 0 Å². The Labute approximate surface area is 117 Å². The molecule has 0 atom stereocenters. The first kappa shape index (κ1) is 13.8. The number of hydrogen-bond acceptors (Lipinski definition) is 3. The van der Waals surface area contributed by atoms with Crippen LogP contribution in [0.2, 0.25) is 0 Å². The van der Waals surface area contributed by atoms with Crippen molar-refractivity contribution >= 4 is 15.9 Å². The minimum absolute atomic E-state index is 0.718. The highest BCUT2D eigenvalue weighted by Crippen LogP contribution is 2.25. The van der Waals surface area contributed by atoms with Crippen LogP contribution in [0.25, 0.3) is 0 Å². The molecule has 0 saturated carbocycles. The number of hydrogen-bond donors (Lipinski definition) is 1. The molecule has 0 aliphatic carbocycles. The molecule has 1 fully saturated rings. The number of ether oxygens (including phenoxy) is 1. The van der Waals surface area contributed by atoms with Crippen molar-refractivity contribution in [1.29, 1.82) is 0 Å². The molecule has 1 aliphatic heterocycles. The number of rotatable bonds is 4. The number of nitrogens with two attached hydrogens (primary N) is 1. The summed E-state index contributed by atoms with van der Waals surface area (Å²) in [5, 5.41) is 0. The van der Waals surface area contributed by atoms with Crippen molar-refractivity contribution < 1.29 is 4.74 Å². The molecular weight excluding hydrogens is 292 g/mol. The minimum atomic E-state index is 0.718. The lowest BCUT2D eigenvalue weighted by atomic mass is 9.97. The van der Waals surface area contributed by atoms with Gasteiger partial charge in [0.25, 0.3) is 0 Å². The Morgan fingerprint density at radius 1 is 1.39 bits per heavy atom. The average Bonchev–Trinajstić information content (AvgIpc) is 2.42. The largest absolute Gasteiger partial charge is 0.497 e. The van der Waals surface area contributed by atoms with Gasteiger partial charge in [-0.05, 0) is 62.2 Å². The Bertz CT molecular complexity index is 389. The molecule has 0 aromatic heterocycles. The molecule has 3 nitrogen and oxygen atoms in total. The van der Waals surface area contributed by atoms with Gasteiger partial charge in [0.05, 0.1) is 7.11 Å². The number of halogens is 1. The van der Waals surface area contributed by atoms with Crippen LogP contribution < -0.4 is 10.5 Å². The first-order chi connectivity index (χ1) is 8.72. The zero-order valence-corrected chi connectivity index (χ0v) is 12.4. The maximum Gasteiger partial charge on any atom is 0.119 e. The molecule has 4 heteroatoms. The third kappa shape index (κ3) is 3.46. The molecule has 0 radical (unpaired) electrons. The summed E-state index contributed by atoms with van der Waals surface area (Å²) >= 11 is 3.61. The van der Waals surface area contributed by atoms with E-state index >= 15 is 0 Å². The molecule has 0 unspecified atom stereocenters. The Balaban J connectivity index is 1.97. The molecular formula is C14H21BrN2O. The van der Waals surface area contributed by atoms with Crippen molar-refractivity contribution in [2.75, 3.05) is 26.7 Å². The summed E-state index contributed by atoms with van der Waals surface area (Å²) in [5.41, 5.74) is 7.01. The van der Waals surface area contributed by atoms with Gasteiger partial charge >= 0.3 is 0 Å². The van der Waals surface area contributed by atoms with E-state index in [0.717, 1.165) is 42.3 Å². The predicted octanol–water partition coefficient (Wildman–Crippen LogP) is 2.63. The Morgan fingerprint density at radius 2 is 2.11 bits per heavy atom. The monoisotopic (exact) mass is 312 g/mol. The Kier molecular flexibility index (Phi) is 5.03. The summed E-state index contributed by atoms with van der Waals surface area (Å²) < 4.78 is 6.43. The number of methoxy groups -OCH3 is 1. The average molecular weight is 313 g/mol. The van der Waals surface area contributed by atoms with Gasteiger partial charge in [-0.25, -0.2) is 0 Å². The lowest BCUT2D eigenvalue weighted by Gasteiger charge is -2.31. The van der Waals surface area contributed by atoms with Crippen molar-refractivity contribution in [3.63, 3.8) is 0 Å². The van der Waals surface area contributed by atoms with Gasteiger partial charge in [0, 0.05) is 11.0 Å². The molecule has 1 saturated heterocycles. The van der Waals surface area contributed by atoms with Crippen molar-refractivity contribution in [1.82, 2.24) is 4.90 Å². The van der Waals surface area contributed by atoms with Gasteiger partial charge in [-0.2, -0.15) is 0 Å². The van der Waals surface area contributed by atoms with Crippen LogP contribution in [-0.2, 0) is 6.54 Å². The Morgan fingerprint density at radius 3 is 2.72 bits per heavy atom. The quantitative estimate of drug-likeness (QED) is 0.929. The first-order valence-corrected chi connectivity index (χ1v) is 7.27. The van der Waals surface area contributed by atoms with Crippen LogP contribution in [0.3, 0.4) is 0 Å². The fourth-order valence-corrected chi connectivity index (χ4v) is 2.79. The first-order valence-electron chi connectivity index (χ1n) is 6.47. The normalized spacial score (nSPS) is 17.9. The third-order valence-electron chi connectivity index (χ3n) is 3.69. The molecule has 0 amide bonds. The molecule has 2 N–H and O–H groups in total. The smallest absolute Gasteiger partial charge is 0.119 e. The second-order valence-corrected chi connectivity index (χ2v) is 5.77. The maximum absolute atomic E-state index is 5.72. The highest BCUT2D eigenvalue weighted by molar-refractivity contribution is 9.10. The highest BCUT2D eigenvalue weighted by atomic mass is 79.9. The van der Waals surface area contributed by atoms with Crippen molar-refractivity contribution in [3.05, 3.63) is 28.2 Å². The van der Waals surface area contributed by atoms with E-state index in [-0.39, 0.29) is 0 Å². The lowest BCUT2D eigenvalue weighted by Crippen LogP contribution is -2.35. The Hall–Kier alpha value is -0.580. The molecule has 2 rings (SSSR count). The predicted molar refractivity (Wildman–Crippen MR) is 77.7 cm³/mol. The summed E-state index contributed by atoms with van der Waals surface area (Å²) in [4.78, 5) is 2.49. The van der Waals surface area contributed by atoms with E-state index in [4.69, 9.17) is 10.5 Å². The van der Waals surface area contributed by atoms with E-state index in [9.17, 15) is 0 Å². The second-order valence-electron chi connectivity index (χ2n) is 4.91. The molecule has 0 bridgehead atoms. The SMILES string of the molecule is COc1ccc(Br)c(CN2CCC(CN)CC2)c1. The van der Waals surface area contributed by atoms with Gasteiger partial charge in [0.15, 0.2) is 0 Å². The van der Waals surface area contributed by atoms with Crippen LogP contribution in [0.1, 0.15) is 18.4 Å². The van der Waals surface area contributed by atoms with Crippen LogP contribution in [0.15, 0.2) is 22.7 Å². The number of piperidine rings is 1. The molecule has 1 heterocycles. The van der Waals surface area contributed by atoms with Gasteiger partial charge in [0.1, 0.15) is 5.75 Å². The second kappa shape index (κ2) is 6.55. The summed E-state index contributed by atoms with van der Waals surface area (Å²) in [6.07, 6.45) is 2.44.